The molecule has 2 heteroatoms. The Balaban J connectivity index is 2.09. The molecule has 0 radical (unpaired) electrons. The average Bonchev–Trinajstić information content (AvgIpc) is 2.42. The number of hydrogen-bond donors (Lipinski definition) is 0. The van der Waals surface area contributed by atoms with E-state index in [0.717, 1.165) is 6.42 Å². The number of unbranched alkanes of at least 4 members (excludes halogenated alkanes) is 6. The van der Waals surface area contributed by atoms with Gasteiger partial charge in [0.25, 0.3) is 0 Å². The molecule has 0 N–H and O–H groups in total. The first-order chi connectivity index (χ1) is 8.88. The predicted molar refractivity (Wildman–Crippen MR) is 74.6 cm³/mol. The van der Waals surface area contributed by atoms with Crippen LogP contribution in [0.25, 0.3) is 0 Å². The number of benzene rings is 1. The Morgan fingerprint density at radius 1 is 1.00 bits per heavy atom. The fourth-order valence-electron chi connectivity index (χ4n) is 1.93. The summed E-state index contributed by atoms with van der Waals surface area (Å²) in [5, 5.41) is 8.91. The average molecular weight is 245 g/mol. The van der Waals surface area contributed by atoms with Crippen molar-refractivity contribution < 1.29 is 4.74 Å². The van der Waals surface area contributed by atoms with E-state index in [2.05, 4.69) is 13.0 Å². The molecule has 0 fully saturated rings. The molecule has 0 aromatic heterocycles. The van der Waals surface area contributed by atoms with Gasteiger partial charge in [-0.1, -0.05) is 57.6 Å². The Bertz CT molecular complexity index is 368. The van der Waals surface area contributed by atoms with E-state index in [9.17, 15) is 0 Å². The van der Waals surface area contributed by atoms with Gasteiger partial charge in [-0.05, 0) is 18.6 Å². The summed E-state index contributed by atoms with van der Waals surface area (Å²) >= 11 is 0. The molecule has 0 unspecified atom stereocenters. The van der Waals surface area contributed by atoms with Gasteiger partial charge in [-0.2, -0.15) is 5.26 Å². The van der Waals surface area contributed by atoms with Crippen molar-refractivity contribution in [2.24, 2.45) is 0 Å². The van der Waals surface area contributed by atoms with Crippen LogP contribution in [0.3, 0.4) is 0 Å². The summed E-state index contributed by atoms with van der Waals surface area (Å²) < 4.78 is 5.63. The van der Waals surface area contributed by atoms with E-state index in [1.54, 1.807) is 6.07 Å². The van der Waals surface area contributed by atoms with Crippen molar-refractivity contribution in [1.29, 1.82) is 5.26 Å². The lowest BCUT2D eigenvalue weighted by Gasteiger charge is -2.07. The molecule has 1 aromatic rings. The van der Waals surface area contributed by atoms with Crippen LogP contribution in [0.2, 0.25) is 0 Å². The zero-order chi connectivity index (χ0) is 13.1. The molecule has 0 saturated heterocycles. The minimum Gasteiger partial charge on any atom is -0.492 e. The summed E-state index contributed by atoms with van der Waals surface area (Å²) in [5.41, 5.74) is 0.625. The van der Waals surface area contributed by atoms with Gasteiger partial charge in [0.1, 0.15) is 11.8 Å². The molecule has 0 heterocycles. The molecule has 2 nitrogen and oxygen atoms in total. The number of para-hydroxylation sites is 1. The number of rotatable bonds is 9. The van der Waals surface area contributed by atoms with Crippen molar-refractivity contribution in [3.8, 4) is 11.8 Å². The van der Waals surface area contributed by atoms with Crippen molar-refractivity contribution in [1.82, 2.24) is 0 Å². The van der Waals surface area contributed by atoms with Crippen molar-refractivity contribution >= 4 is 0 Å². The summed E-state index contributed by atoms with van der Waals surface area (Å²) in [6.07, 6.45) is 8.94. The zero-order valence-corrected chi connectivity index (χ0v) is 11.3. The highest BCUT2D eigenvalue weighted by Crippen LogP contribution is 2.17. The summed E-state index contributed by atoms with van der Waals surface area (Å²) in [5.74, 6) is 0.714. The molecular formula is C16H23NO. The SMILES string of the molecule is CCCCCCCCCOc1ccccc1C#N. The molecule has 0 bridgehead atoms. The fourth-order valence-corrected chi connectivity index (χ4v) is 1.93. The fraction of sp³-hybridized carbons (Fsp3) is 0.562. The van der Waals surface area contributed by atoms with Crippen LogP contribution in [-0.2, 0) is 0 Å². The Labute approximate surface area is 111 Å². The Hall–Kier alpha value is -1.49. The lowest BCUT2D eigenvalue weighted by molar-refractivity contribution is 0.303. The first kappa shape index (κ1) is 14.6. The molecule has 0 aliphatic carbocycles. The highest BCUT2D eigenvalue weighted by Gasteiger charge is 2.00. The Morgan fingerprint density at radius 3 is 2.39 bits per heavy atom. The van der Waals surface area contributed by atoms with Gasteiger partial charge in [-0.25, -0.2) is 0 Å². The molecule has 0 atom stereocenters. The number of ether oxygens (including phenoxy) is 1. The number of nitriles is 1. The Kier molecular flexibility index (Phi) is 7.72. The minimum atomic E-state index is 0.625. The molecule has 1 rings (SSSR count). The van der Waals surface area contributed by atoms with E-state index in [-0.39, 0.29) is 0 Å². The molecule has 0 saturated carbocycles. The van der Waals surface area contributed by atoms with Gasteiger partial charge in [0.15, 0.2) is 0 Å². The molecule has 0 aliphatic rings. The van der Waals surface area contributed by atoms with Crippen molar-refractivity contribution in [3.63, 3.8) is 0 Å². The largest absolute Gasteiger partial charge is 0.492 e. The maximum atomic E-state index is 8.91. The van der Waals surface area contributed by atoms with Gasteiger partial charge < -0.3 is 4.74 Å². The topological polar surface area (TPSA) is 33.0 Å². The second-order valence-corrected chi connectivity index (χ2v) is 4.58. The smallest absolute Gasteiger partial charge is 0.137 e. The van der Waals surface area contributed by atoms with Crippen LogP contribution in [0.1, 0.15) is 57.4 Å². The highest BCUT2D eigenvalue weighted by atomic mass is 16.5. The van der Waals surface area contributed by atoms with Crippen molar-refractivity contribution in [2.45, 2.75) is 51.9 Å². The van der Waals surface area contributed by atoms with Crippen LogP contribution in [-0.4, -0.2) is 6.61 Å². The van der Waals surface area contributed by atoms with E-state index in [0.29, 0.717) is 17.9 Å². The highest BCUT2D eigenvalue weighted by molar-refractivity contribution is 5.42. The predicted octanol–water partition coefficient (Wildman–Crippen LogP) is 4.69. The van der Waals surface area contributed by atoms with Gasteiger partial charge in [-0.15, -0.1) is 0 Å². The van der Waals surface area contributed by atoms with Gasteiger partial charge in [0, 0.05) is 0 Å². The van der Waals surface area contributed by atoms with Crippen molar-refractivity contribution in [2.75, 3.05) is 6.61 Å². The summed E-state index contributed by atoms with van der Waals surface area (Å²) in [7, 11) is 0. The molecule has 0 aliphatic heterocycles. The normalized spacial score (nSPS) is 10.0. The zero-order valence-electron chi connectivity index (χ0n) is 11.3. The van der Waals surface area contributed by atoms with Gasteiger partial charge in [-0.3, -0.25) is 0 Å². The van der Waals surface area contributed by atoms with Crippen molar-refractivity contribution in [3.05, 3.63) is 29.8 Å². The van der Waals surface area contributed by atoms with E-state index in [1.807, 2.05) is 18.2 Å². The molecule has 1 aromatic carbocycles. The molecule has 0 spiro atoms. The standard InChI is InChI=1S/C16H23NO/c1-2-3-4-5-6-7-10-13-18-16-12-9-8-11-15(16)14-17/h8-9,11-12H,2-7,10,13H2,1H3. The Morgan fingerprint density at radius 2 is 1.67 bits per heavy atom. The van der Waals surface area contributed by atoms with Crippen LogP contribution in [0.4, 0.5) is 0 Å². The third-order valence-electron chi connectivity index (χ3n) is 3.01. The summed E-state index contributed by atoms with van der Waals surface area (Å²) in [6, 6.07) is 9.56. The van der Waals surface area contributed by atoms with E-state index >= 15 is 0 Å². The van der Waals surface area contributed by atoms with Crippen LogP contribution in [0.15, 0.2) is 24.3 Å². The second kappa shape index (κ2) is 9.53. The van der Waals surface area contributed by atoms with Gasteiger partial charge in [0.05, 0.1) is 12.2 Å². The minimum absolute atomic E-state index is 0.625. The second-order valence-electron chi connectivity index (χ2n) is 4.58. The molecular weight excluding hydrogens is 222 g/mol. The number of hydrogen-bond acceptors (Lipinski definition) is 2. The molecule has 98 valence electrons. The monoisotopic (exact) mass is 245 g/mol. The van der Waals surface area contributed by atoms with E-state index < -0.39 is 0 Å². The number of nitrogens with zero attached hydrogens (tertiary/aromatic N) is 1. The lowest BCUT2D eigenvalue weighted by Crippen LogP contribution is -1.98. The van der Waals surface area contributed by atoms with E-state index in [1.165, 1.54) is 38.5 Å². The molecule has 0 amide bonds. The van der Waals surface area contributed by atoms with Crippen LogP contribution < -0.4 is 4.74 Å². The maximum Gasteiger partial charge on any atom is 0.137 e. The van der Waals surface area contributed by atoms with E-state index in [4.69, 9.17) is 10.00 Å². The lowest BCUT2D eigenvalue weighted by atomic mass is 10.1. The van der Waals surface area contributed by atoms with Crippen LogP contribution in [0, 0.1) is 11.3 Å². The first-order valence-electron chi connectivity index (χ1n) is 7.00. The third-order valence-corrected chi connectivity index (χ3v) is 3.01. The quantitative estimate of drug-likeness (QED) is 0.591. The molecule has 18 heavy (non-hydrogen) atoms. The summed E-state index contributed by atoms with van der Waals surface area (Å²) in [4.78, 5) is 0. The maximum absolute atomic E-state index is 8.91. The first-order valence-corrected chi connectivity index (χ1v) is 7.00. The van der Waals surface area contributed by atoms with Gasteiger partial charge in [0.2, 0.25) is 0 Å². The van der Waals surface area contributed by atoms with Gasteiger partial charge >= 0.3 is 0 Å². The summed E-state index contributed by atoms with van der Waals surface area (Å²) in [6.45, 7) is 2.95. The third kappa shape index (κ3) is 5.72. The van der Waals surface area contributed by atoms with Crippen LogP contribution >= 0.6 is 0 Å². The van der Waals surface area contributed by atoms with Crippen LogP contribution in [0.5, 0.6) is 5.75 Å².